The summed E-state index contributed by atoms with van der Waals surface area (Å²) in [5.74, 6) is 0.390. The Kier molecular flexibility index (Phi) is 7.47. The number of aryl methyl sites for hydroxylation is 3. The summed E-state index contributed by atoms with van der Waals surface area (Å²) in [5, 5.41) is 14.1. The summed E-state index contributed by atoms with van der Waals surface area (Å²) in [4.78, 5) is 13.6. The van der Waals surface area contributed by atoms with Crippen molar-refractivity contribution in [2.75, 3.05) is 5.75 Å². The molecule has 0 aliphatic carbocycles. The van der Waals surface area contributed by atoms with Crippen LogP contribution < -0.4 is 5.32 Å². The maximum atomic E-state index is 12.2. The Hall–Kier alpha value is -2.12. The van der Waals surface area contributed by atoms with Crippen molar-refractivity contribution in [1.82, 2.24) is 20.1 Å². The average Bonchev–Trinajstić information content (AvgIpc) is 3.35. The topological polar surface area (TPSA) is 59.8 Å². The Morgan fingerprint density at radius 3 is 2.85 bits per heavy atom. The van der Waals surface area contributed by atoms with Crippen molar-refractivity contribution in [2.24, 2.45) is 0 Å². The van der Waals surface area contributed by atoms with Gasteiger partial charge in [-0.25, -0.2) is 0 Å². The van der Waals surface area contributed by atoms with E-state index in [4.69, 9.17) is 0 Å². The molecular formula is C20H24N4OS2. The maximum Gasteiger partial charge on any atom is 0.230 e. The van der Waals surface area contributed by atoms with Gasteiger partial charge in [-0.3, -0.25) is 4.79 Å². The summed E-state index contributed by atoms with van der Waals surface area (Å²) in [5.41, 5.74) is 1.30. The summed E-state index contributed by atoms with van der Waals surface area (Å²) in [6.45, 7) is 2.87. The van der Waals surface area contributed by atoms with Crippen molar-refractivity contribution in [3.8, 4) is 0 Å². The molecule has 0 aliphatic heterocycles. The zero-order chi connectivity index (χ0) is 18.9. The van der Waals surface area contributed by atoms with E-state index in [1.54, 1.807) is 17.7 Å². The van der Waals surface area contributed by atoms with Gasteiger partial charge in [0.15, 0.2) is 5.16 Å². The first-order chi connectivity index (χ1) is 13.2. The third kappa shape index (κ3) is 6.52. The van der Waals surface area contributed by atoms with Gasteiger partial charge in [0.25, 0.3) is 0 Å². The van der Waals surface area contributed by atoms with E-state index in [1.165, 1.54) is 22.2 Å². The SMILES string of the molecule is C[C@H](CCc1ccccc1)NC(=O)CSc1nncn1CCc1cccs1. The van der Waals surface area contributed by atoms with Crippen LogP contribution in [0, 0.1) is 0 Å². The van der Waals surface area contributed by atoms with E-state index < -0.39 is 0 Å². The molecule has 0 radical (unpaired) electrons. The number of hydrogen-bond donors (Lipinski definition) is 1. The fourth-order valence-electron chi connectivity index (χ4n) is 2.74. The van der Waals surface area contributed by atoms with Gasteiger partial charge in [0.05, 0.1) is 5.75 Å². The van der Waals surface area contributed by atoms with Crippen LogP contribution in [0.15, 0.2) is 59.3 Å². The molecule has 0 spiro atoms. The first kappa shape index (κ1) is 19.6. The van der Waals surface area contributed by atoms with Gasteiger partial charge in [-0.2, -0.15) is 0 Å². The van der Waals surface area contributed by atoms with Crippen LogP contribution in [-0.2, 0) is 24.2 Å². The van der Waals surface area contributed by atoms with Gasteiger partial charge in [-0.1, -0.05) is 48.2 Å². The monoisotopic (exact) mass is 400 g/mol. The Morgan fingerprint density at radius 1 is 1.22 bits per heavy atom. The van der Waals surface area contributed by atoms with Crippen LogP contribution in [0.2, 0.25) is 0 Å². The summed E-state index contributed by atoms with van der Waals surface area (Å²) in [7, 11) is 0. The maximum absolute atomic E-state index is 12.2. The van der Waals surface area contributed by atoms with Crippen LogP contribution in [-0.4, -0.2) is 32.5 Å². The van der Waals surface area contributed by atoms with Crippen molar-refractivity contribution in [2.45, 2.75) is 43.9 Å². The normalized spacial score (nSPS) is 12.0. The van der Waals surface area contributed by atoms with Crippen molar-refractivity contribution in [1.29, 1.82) is 0 Å². The van der Waals surface area contributed by atoms with Crippen LogP contribution >= 0.6 is 23.1 Å². The van der Waals surface area contributed by atoms with Gasteiger partial charge in [0, 0.05) is 17.5 Å². The minimum atomic E-state index is 0.0355. The van der Waals surface area contributed by atoms with Crippen molar-refractivity contribution in [3.05, 3.63) is 64.6 Å². The minimum absolute atomic E-state index is 0.0355. The molecule has 0 fully saturated rings. The van der Waals surface area contributed by atoms with Crippen LogP contribution in [0.4, 0.5) is 0 Å². The number of nitrogens with zero attached hydrogens (tertiary/aromatic N) is 3. The van der Waals surface area contributed by atoms with Crippen molar-refractivity contribution >= 4 is 29.0 Å². The number of benzene rings is 1. The smallest absolute Gasteiger partial charge is 0.230 e. The molecule has 27 heavy (non-hydrogen) atoms. The zero-order valence-electron chi connectivity index (χ0n) is 15.4. The molecule has 0 saturated carbocycles. The first-order valence-electron chi connectivity index (χ1n) is 9.07. The number of amides is 1. The van der Waals surface area contributed by atoms with Gasteiger partial charge < -0.3 is 9.88 Å². The van der Waals surface area contributed by atoms with Crippen molar-refractivity contribution in [3.63, 3.8) is 0 Å². The number of nitrogens with one attached hydrogen (secondary N) is 1. The lowest BCUT2D eigenvalue weighted by atomic mass is 10.1. The molecule has 142 valence electrons. The third-order valence-electron chi connectivity index (χ3n) is 4.21. The first-order valence-corrected chi connectivity index (χ1v) is 10.9. The Balaban J connectivity index is 1.39. The van der Waals surface area contributed by atoms with Gasteiger partial charge in [-0.15, -0.1) is 21.5 Å². The van der Waals surface area contributed by atoms with E-state index in [1.807, 2.05) is 22.8 Å². The highest BCUT2D eigenvalue weighted by Gasteiger charge is 2.11. The minimum Gasteiger partial charge on any atom is -0.353 e. The molecule has 0 aliphatic rings. The second kappa shape index (κ2) is 10.3. The molecule has 2 aromatic heterocycles. The lowest BCUT2D eigenvalue weighted by Gasteiger charge is -2.13. The molecule has 0 saturated heterocycles. The Morgan fingerprint density at radius 2 is 2.07 bits per heavy atom. The number of thioether (sulfide) groups is 1. The number of thiophene rings is 1. The second-order valence-corrected chi connectivity index (χ2v) is 8.39. The molecule has 3 aromatic rings. The molecule has 2 heterocycles. The average molecular weight is 401 g/mol. The molecule has 0 unspecified atom stereocenters. The summed E-state index contributed by atoms with van der Waals surface area (Å²) in [6, 6.07) is 14.7. The highest BCUT2D eigenvalue weighted by Crippen LogP contribution is 2.16. The van der Waals surface area contributed by atoms with Crippen LogP contribution in [0.25, 0.3) is 0 Å². The summed E-state index contributed by atoms with van der Waals surface area (Å²) in [6.07, 6.45) is 4.58. The lowest BCUT2D eigenvalue weighted by molar-refractivity contribution is -0.119. The number of carbonyl (C=O) groups excluding carboxylic acids is 1. The highest BCUT2D eigenvalue weighted by atomic mass is 32.2. The van der Waals surface area contributed by atoms with E-state index >= 15 is 0 Å². The highest BCUT2D eigenvalue weighted by molar-refractivity contribution is 7.99. The molecule has 1 N–H and O–H groups in total. The van der Waals surface area contributed by atoms with E-state index in [-0.39, 0.29) is 11.9 Å². The van der Waals surface area contributed by atoms with Crippen LogP contribution in [0.3, 0.4) is 0 Å². The van der Waals surface area contributed by atoms with Crippen LogP contribution in [0.1, 0.15) is 23.8 Å². The number of aromatic nitrogens is 3. The summed E-state index contributed by atoms with van der Waals surface area (Å²) < 4.78 is 2.01. The number of carbonyl (C=O) groups is 1. The fourth-order valence-corrected chi connectivity index (χ4v) is 4.19. The molecule has 3 rings (SSSR count). The summed E-state index contributed by atoms with van der Waals surface area (Å²) >= 11 is 3.19. The molecule has 1 amide bonds. The van der Waals surface area contributed by atoms with E-state index in [2.05, 4.69) is 52.1 Å². The molecule has 1 atom stereocenters. The van der Waals surface area contributed by atoms with E-state index in [9.17, 15) is 4.79 Å². The standard InChI is InChI=1S/C20H24N4OS2/c1-16(9-10-17-6-3-2-4-7-17)22-19(25)14-27-20-23-21-15-24(20)12-11-18-8-5-13-26-18/h2-8,13,15-16H,9-12,14H2,1H3,(H,22,25)/t16-/m1/s1. The van der Waals surface area contributed by atoms with Crippen LogP contribution in [0.5, 0.6) is 0 Å². The second-order valence-electron chi connectivity index (χ2n) is 6.42. The predicted molar refractivity (Wildman–Crippen MR) is 111 cm³/mol. The van der Waals surface area contributed by atoms with Gasteiger partial charge in [0.1, 0.15) is 6.33 Å². The molecular weight excluding hydrogens is 376 g/mol. The lowest BCUT2D eigenvalue weighted by Crippen LogP contribution is -2.34. The molecule has 5 nitrogen and oxygen atoms in total. The number of rotatable bonds is 10. The Bertz CT molecular complexity index is 818. The van der Waals surface area contributed by atoms with Gasteiger partial charge >= 0.3 is 0 Å². The predicted octanol–water partition coefficient (Wildman–Crippen LogP) is 3.81. The third-order valence-corrected chi connectivity index (χ3v) is 6.12. The fraction of sp³-hybridized carbons (Fsp3) is 0.350. The molecule has 7 heteroatoms. The zero-order valence-corrected chi connectivity index (χ0v) is 17.0. The van der Waals surface area contributed by atoms with Gasteiger partial charge in [0.2, 0.25) is 5.91 Å². The largest absolute Gasteiger partial charge is 0.353 e. The van der Waals surface area contributed by atoms with E-state index in [0.29, 0.717) is 5.75 Å². The van der Waals surface area contributed by atoms with Crippen molar-refractivity contribution < 1.29 is 4.79 Å². The quantitative estimate of drug-likeness (QED) is 0.526. The number of hydrogen-bond acceptors (Lipinski definition) is 5. The van der Waals surface area contributed by atoms with E-state index in [0.717, 1.165) is 31.0 Å². The van der Waals surface area contributed by atoms with Gasteiger partial charge in [-0.05, 0) is 43.2 Å². The Labute approximate surface area is 168 Å². The molecule has 0 bridgehead atoms. The molecule has 1 aromatic carbocycles.